The third-order valence-corrected chi connectivity index (χ3v) is 7.88. The van der Waals surface area contributed by atoms with Gasteiger partial charge in [-0.05, 0) is 56.4 Å². The molecule has 4 heteroatoms. The number of fused-ring (bicyclic) bond motifs is 2. The van der Waals surface area contributed by atoms with Crippen molar-refractivity contribution in [3.8, 4) is 11.5 Å². The van der Waals surface area contributed by atoms with Gasteiger partial charge in [0, 0.05) is 11.1 Å². The molecule has 2 heterocycles. The summed E-state index contributed by atoms with van der Waals surface area (Å²) in [5.74, 6) is 1.76. The highest BCUT2D eigenvalue weighted by Crippen LogP contribution is 2.54. The average molecular weight is 460 g/mol. The van der Waals surface area contributed by atoms with Crippen molar-refractivity contribution in [3.05, 3.63) is 125 Å². The molecule has 2 aliphatic rings. The Labute approximate surface area is 207 Å². The summed E-state index contributed by atoms with van der Waals surface area (Å²) in [5, 5.41) is 0. The normalized spacial score (nSPS) is 18.9. The van der Waals surface area contributed by atoms with Gasteiger partial charge in [0.15, 0.2) is 0 Å². The standard InChI is InChI=1S/C31H29BO3/c1-29(2)30(3,4)35-32(34-29)24-20-18-23(19-21-24)31(22-12-6-5-7-13-22)25-14-8-10-16-27(25)33-28-17-11-9-15-26(28)31/h5-21H,1-4H3. The first-order valence-electron chi connectivity index (χ1n) is 12.2. The van der Waals surface area contributed by atoms with Gasteiger partial charge in [-0.3, -0.25) is 0 Å². The van der Waals surface area contributed by atoms with Gasteiger partial charge < -0.3 is 14.0 Å². The summed E-state index contributed by atoms with van der Waals surface area (Å²) in [6.07, 6.45) is 0. The van der Waals surface area contributed by atoms with E-state index in [1.54, 1.807) is 0 Å². The lowest BCUT2D eigenvalue weighted by Gasteiger charge is -2.41. The van der Waals surface area contributed by atoms with Crippen molar-refractivity contribution in [1.29, 1.82) is 0 Å². The molecule has 35 heavy (non-hydrogen) atoms. The van der Waals surface area contributed by atoms with Crippen molar-refractivity contribution < 1.29 is 14.0 Å². The Morgan fingerprint density at radius 2 is 0.971 bits per heavy atom. The van der Waals surface area contributed by atoms with E-state index in [0.29, 0.717) is 0 Å². The van der Waals surface area contributed by atoms with Crippen LogP contribution in [0.2, 0.25) is 0 Å². The van der Waals surface area contributed by atoms with E-state index in [1.807, 2.05) is 12.1 Å². The smallest absolute Gasteiger partial charge is 0.457 e. The van der Waals surface area contributed by atoms with E-state index >= 15 is 0 Å². The minimum absolute atomic E-state index is 0.375. The van der Waals surface area contributed by atoms with Crippen molar-refractivity contribution in [3.63, 3.8) is 0 Å². The van der Waals surface area contributed by atoms with E-state index in [9.17, 15) is 0 Å². The molecule has 1 fully saturated rings. The molecule has 0 unspecified atom stereocenters. The summed E-state index contributed by atoms with van der Waals surface area (Å²) in [6.45, 7) is 8.34. The van der Waals surface area contributed by atoms with Crippen LogP contribution in [0.1, 0.15) is 49.9 Å². The molecule has 3 nitrogen and oxygen atoms in total. The quantitative estimate of drug-likeness (QED) is 0.289. The highest BCUT2D eigenvalue weighted by atomic mass is 16.7. The average Bonchev–Trinajstić information content (AvgIpc) is 3.10. The zero-order valence-corrected chi connectivity index (χ0v) is 20.6. The molecule has 0 radical (unpaired) electrons. The number of hydrogen-bond donors (Lipinski definition) is 0. The van der Waals surface area contributed by atoms with Gasteiger partial charge in [0.1, 0.15) is 11.5 Å². The van der Waals surface area contributed by atoms with Crippen LogP contribution in [0.5, 0.6) is 11.5 Å². The lowest BCUT2D eigenvalue weighted by Crippen LogP contribution is -2.41. The monoisotopic (exact) mass is 460 g/mol. The maximum Gasteiger partial charge on any atom is 0.494 e. The molecule has 2 aliphatic heterocycles. The molecule has 4 aromatic rings. The van der Waals surface area contributed by atoms with Gasteiger partial charge in [0.2, 0.25) is 0 Å². The number of para-hydroxylation sites is 2. The Balaban J connectivity index is 1.55. The molecule has 0 N–H and O–H groups in total. The van der Waals surface area contributed by atoms with Crippen LogP contribution in [0.3, 0.4) is 0 Å². The molecule has 1 saturated heterocycles. The summed E-state index contributed by atoms with van der Waals surface area (Å²) in [7, 11) is -0.393. The first-order chi connectivity index (χ1) is 16.8. The lowest BCUT2D eigenvalue weighted by atomic mass is 9.63. The van der Waals surface area contributed by atoms with Crippen molar-refractivity contribution in [1.82, 2.24) is 0 Å². The van der Waals surface area contributed by atoms with E-state index < -0.39 is 12.5 Å². The van der Waals surface area contributed by atoms with Gasteiger partial charge in [-0.15, -0.1) is 0 Å². The minimum Gasteiger partial charge on any atom is -0.457 e. The highest BCUT2D eigenvalue weighted by molar-refractivity contribution is 6.62. The number of benzene rings is 4. The molecular formula is C31H29BO3. The van der Waals surface area contributed by atoms with Crippen LogP contribution in [-0.2, 0) is 14.7 Å². The van der Waals surface area contributed by atoms with Crippen LogP contribution in [-0.4, -0.2) is 18.3 Å². The predicted molar refractivity (Wildman–Crippen MR) is 141 cm³/mol. The Hall–Kier alpha value is -3.34. The topological polar surface area (TPSA) is 27.7 Å². The van der Waals surface area contributed by atoms with Crippen molar-refractivity contribution in [2.75, 3.05) is 0 Å². The van der Waals surface area contributed by atoms with Crippen LogP contribution in [0.25, 0.3) is 0 Å². The molecule has 0 aromatic heterocycles. The van der Waals surface area contributed by atoms with Gasteiger partial charge in [-0.1, -0.05) is 91.0 Å². The van der Waals surface area contributed by atoms with E-state index in [1.165, 1.54) is 11.1 Å². The van der Waals surface area contributed by atoms with Crippen molar-refractivity contribution >= 4 is 12.6 Å². The zero-order chi connectivity index (χ0) is 24.3. The summed E-state index contributed by atoms with van der Waals surface area (Å²) in [4.78, 5) is 0. The third-order valence-electron chi connectivity index (χ3n) is 7.88. The number of rotatable bonds is 3. The fourth-order valence-electron chi connectivity index (χ4n) is 5.34. The molecule has 174 valence electrons. The fourth-order valence-corrected chi connectivity index (χ4v) is 5.34. The summed E-state index contributed by atoms with van der Waals surface area (Å²) >= 11 is 0. The van der Waals surface area contributed by atoms with Gasteiger partial charge in [0.25, 0.3) is 0 Å². The summed E-state index contributed by atoms with van der Waals surface area (Å²) in [6, 6.07) is 36.1. The molecule has 0 bridgehead atoms. The van der Waals surface area contributed by atoms with Crippen LogP contribution < -0.4 is 10.2 Å². The Morgan fingerprint density at radius 3 is 1.51 bits per heavy atom. The van der Waals surface area contributed by atoms with Crippen molar-refractivity contribution in [2.24, 2.45) is 0 Å². The number of hydrogen-bond acceptors (Lipinski definition) is 3. The SMILES string of the molecule is CC1(C)OB(c2ccc(C3(c4ccccc4)c4ccccc4Oc4ccccc43)cc2)OC1(C)C. The largest absolute Gasteiger partial charge is 0.494 e. The van der Waals surface area contributed by atoms with E-state index in [4.69, 9.17) is 14.0 Å². The van der Waals surface area contributed by atoms with Crippen LogP contribution in [0.4, 0.5) is 0 Å². The second-order valence-corrected chi connectivity index (χ2v) is 10.4. The molecule has 6 rings (SSSR count). The molecular weight excluding hydrogens is 431 g/mol. The van der Waals surface area contributed by atoms with Gasteiger partial charge in [0.05, 0.1) is 16.6 Å². The Kier molecular flexibility index (Phi) is 4.96. The molecule has 4 aromatic carbocycles. The van der Waals surface area contributed by atoms with Crippen LogP contribution in [0.15, 0.2) is 103 Å². The molecule has 0 aliphatic carbocycles. The first-order valence-corrected chi connectivity index (χ1v) is 12.2. The number of ether oxygens (including phenoxy) is 1. The minimum atomic E-state index is -0.513. The van der Waals surface area contributed by atoms with E-state index in [0.717, 1.165) is 28.1 Å². The maximum atomic E-state index is 6.39. The predicted octanol–water partition coefficient (Wildman–Crippen LogP) is 6.47. The van der Waals surface area contributed by atoms with Gasteiger partial charge >= 0.3 is 7.12 Å². The molecule has 0 saturated carbocycles. The third kappa shape index (κ3) is 3.28. The zero-order valence-electron chi connectivity index (χ0n) is 20.6. The maximum absolute atomic E-state index is 6.39. The lowest BCUT2D eigenvalue weighted by molar-refractivity contribution is 0.00578. The second-order valence-electron chi connectivity index (χ2n) is 10.4. The van der Waals surface area contributed by atoms with Gasteiger partial charge in [-0.2, -0.15) is 0 Å². The Bertz CT molecular complexity index is 1310. The summed E-state index contributed by atoms with van der Waals surface area (Å²) in [5.41, 5.74) is 4.39. The van der Waals surface area contributed by atoms with Crippen LogP contribution in [0, 0.1) is 0 Å². The van der Waals surface area contributed by atoms with Crippen molar-refractivity contribution in [2.45, 2.75) is 44.3 Å². The van der Waals surface area contributed by atoms with E-state index in [2.05, 4.69) is 119 Å². The molecule has 0 amide bonds. The second kappa shape index (κ2) is 7.84. The fraction of sp³-hybridized carbons (Fsp3) is 0.226. The van der Waals surface area contributed by atoms with E-state index in [-0.39, 0.29) is 11.2 Å². The van der Waals surface area contributed by atoms with Crippen LogP contribution >= 0.6 is 0 Å². The Morgan fingerprint density at radius 1 is 0.514 bits per heavy atom. The molecule has 0 spiro atoms. The molecule has 0 atom stereocenters. The highest BCUT2D eigenvalue weighted by Gasteiger charge is 2.52. The first kappa shape index (κ1) is 22.1. The van der Waals surface area contributed by atoms with Gasteiger partial charge in [-0.25, -0.2) is 0 Å². The summed E-state index contributed by atoms with van der Waals surface area (Å²) < 4.78 is 19.0.